The van der Waals surface area contributed by atoms with Crippen molar-refractivity contribution in [1.82, 2.24) is 5.32 Å². The first-order valence-electron chi connectivity index (χ1n) is 4.32. The molecule has 0 fully saturated rings. The van der Waals surface area contributed by atoms with Gasteiger partial charge in [0.25, 0.3) is 0 Å². The van der Waals surface area contributed by atoms with E-state index in [0.717, 1.165) is 24.5 Å². The Labute approximate surface area is 82.7 Å². The summed E-state index contributed by atoms with van der Waals surface area (Å²) in [5.41, 5.74) is 0. The first-order chi connectivity index (χ1) is 5.81. The highest BCUT2D eigenvalue weighted by molar-refractivity contribution is 8.76. The highest BCUT2D eigenvalue weighted by Crippen LogP contribution is 2.21. The Morgan fingerprint density at radius 1 is 1.33 bits per heavy atom. The van der Waals surface area contributed by atoms with Crippen molar-refractivity contribution in [3.8, 4) is 0 Å². The Morgan fingerprint density at radius 2 is 2.08 bits per heavy atom. The zero-order valence-electron chi connectivity index (χ0n) is 7.76. The van der Waals surface area contributed by atoms with Gasteiger partial charge in [0.15, 0.2) is 0 Å². The maximum atomic E-state index is 10.9. The maximum Gasteiger partial charge on any atom is 0.220 e. The van der Waals surface area contributed by atoms with E-state index in [4.69, 9.17) is 0 Å². The first-order valence-corrected chi connectivity index (χ1v) is 6.81. The van der Waals surface area contributed by atoms with E-state index in [1.807, 2.05) is 28.5 Å². The number of rotatable bonds is 7. The van der Waals surface area contributed by atoms with Crippen LogP contribution in [0, 0.1) is 0 Å². The molecule has 1 N–H and O–H groups in total. The highest BCUT2D eigenvalue weighted by Gasteiger charge is 1.97. The number of hydrogen-bond donors (Lipinski definition) is 1. The van der Waals surface area contributed by atoms with Gasteiger partial charge in [0, 0.05) is 24.5 Å². The summed E-state index contributed by atoms with van der Waals surface area (Å²) in [6, 6.07) is 0. The van der Waals surface area contributed by atoms with Gasteiger partial charge in [0.05, 0.1) is 0 Å². The summed E-state index contributed by atoms with van der Waals surface area (Å²) in [7, 11) is 3.71. The zero-order valence-corrected chi connectivity index (χ0v) is 9.39. The van der Waals surface area contributed by atoms with Crippen molar-refractivity contribution in [2.24, 2.45) is 0 Å². The second kappa shape index (κ2) is 9.26. The van der Waals surface area contributed by atoms with E-state index >= 15 is 0 Å². The molecular formula is C8H17NOS2. The predicted octanol–water partition coefficient (Wildman–Crippen LogP) is 2.30. The molecule has 4 heteroatoms. The lowest BCUT2D eigenvalue weighted by molar-refractivity contribution is -0.120. The minimum absolute atomic E-state index is 0.180. The minimum Gasteiger partial charge on any atom is -0.356 e. The van der Waals surface area contributed by atoms with Crippen LogP contribution in [0.2, 0.25) is 0 Å². The van der Waals surface area contributed by atoms with E-state index in [0.29, 0.717) is 6.42 Å². The van der Waals surface area contributed by atoms with Crippen LogP contribution in [0.15, 0.2) is 0 Å². The van der Waals surface area contributed by atoms with Crippen molar-refractivity contribution < 1.29 is 4.79 Å². The molecule has 0 spiro atoms. The van der Waals surface area contributed by atoms with Crippen molar-refractivity contribution in [3.05, 3.63) is 0 Å². The molecule has 0 radical (unpaired) electrons. The van der Waals surface area contributed by atoms with Crippen molar-refractivity contribution in [1.29, 1.82) is 0 Å². The van der Waals surface area contributed by atoms with Crippen molar-refractivity contribution >= 4 is 27.5 Å². The molecule has 0 atom stereocenters. The molecule has 0 unspecified atom stereocenters. The standard InChI is InChI=1S/C8H17NOS2/c1-3-9-8(10)6-5-7-12-11-4-2/h3-7H2,1-2H3,(H,9,10). The molecule has 2 nitrogen and oxygen atoms in total. The van der Waals surface area contributed by atoms with Crippen LogP contribution < -0.4 is 5.32 Å². The number of amides is 1. The summed E-state index contributed by atoms with van der Waals surface area (Å²) in [5, 5.41) is 2.78. The third-order valence-electron chi connectivity index (χ3n) is 1.21. The molecule has 0 aliphatic carbocycles. The molecule has 0 saturated carbocycles. The summed E-state index contributed by atoms with van der Waals surface area (Å²) in [4.78, 5) is 10.9. The van der Waals surface area contributed by atoms with Gasteiger partial charge in [-0.3, -0.25) is 4.79 Å². The van der Waals surface area contributed by atoms with Crippen molar-refractivity contribution in [2.45, 2.75) is 26.7 Å². The molecule has 0 rings (SSSR count). The van der Waals surface area contributed by atoms with Crippen LogP contribution in [0.1, 0.15) is 26.7 Å². The fourth-order valence-electron chi connectivity index (χ4n) is 0.719. The monoisotopic (exact) mass is 207 g/mol. The lowest BCUT2D eigenvalue weighted by Crippen LogP contribution is -2.22. The SMILES string of the molecule is CCNC(=O)CCCSSCC. The average Bonchev–Trinajstić information content (AvgIpc) is 2.05. The average molecular weight is 207 g/mol. The summed E-state index contributed by atoms with van der Waals surface area (Å²) in [6.45, 7) is 4.83. The molecule has 0 aromatic carbocycles. The van der Waals surface area contributed by atoms with Crippen LogP contribution in [0.3, 0.4) is 0 Å². The molecule has 72 valence electrons. The molecule has 0 heterocycles. The predicted molar refractivity (Wildman–Crippen MR) is 58.5 cm³/mol. The smallest absolute Gasteiger partial charge is 0.220 e. The molecule has 0 aromatic heterocycles. The summed E-state index contributed by atoms with van der Waals surface area (Å²) in [5.74, 6) is 2.40. The van der Waals surface area contributed by atoms with E-state index in [-0.39, 0.29) is 5.91 Å². The van der Waals surface area contributed by atoms with Gasteiger partial charge in [-0.25, -0.2) is 0 Å². The Hall–Kier alpha value is 0.170. The normalized spacial score (nSPS) is 9.83. The Balaban J connectivity index is 3.03. The Kier molecular flexibility index (Phi) is 9.39. The van der Waals surface area contributed by atoms with Gasteiger partial charge in [-0.05, 0) is 13.3 Å². The van der Waals surface area contributed by atoms with E-state index < -0.39 is 0 Å². The minimum atomic E-state index is 0.180. The molecule has 0 aliphatic rings. The van der Waals surface area contributed by atoms with E-state index in [1.165, 1.54) is 0 Å². The number of nitrogens with one attached hydrogen (secondary N) is 1. The van der Waals surface area contributed by atoms with Gasteiger partial charge in [-0.1, -0.05) is 28.5 Å². The van der Waals surface area contributed by atoms with Crippen molar-refractivity contribution in [3.63, 3.8) is 0 Å². The van der Waals surface area contributed by atoms with Gasteiger partial charge < -0.3 is 5.32 Å². The summed E-state index contributed by atoms with van der Waals surface area (Å²) >= 11 is 0. The van der Waals surface area contributed by atoms with Gasteiger partial charge in [-0.15, -0.1) is 0 Å². The highest BCUT2D eigenvalue weighted by atomic mass is 33.1. The van der Waals surface area contributed by atoms with Crippen LogP contribution in [0.4, 0.5) is 0 Å². The van der Waals surface area contributed by atoms with Gasteiger partial charge in [0.1, 0.15) is 0 Å². The lowest BCUT2D eigenvalue weighted by Gasteiger charge is -2.00. The first kappa shape index (κ1) is 12.2. The second-order valence-electron chi connectivity index (χ2n) is 2.29. The van der Waals surface area contributed by atoms with Crippen LogP contribution in [0.5, 0.6) is 0 Å². The van der Waals surface area contributed by atoms with Crippen LogP contribution in [0.25, 0.3) is 0 Å². The fraction of sp³-hybridized carbons (Fsp3) is 0.875. The van der Waals surface area contributed by atoms with Crippen molar-refractivity contribution in [2.75, 3.05) is 18.1 Å². The van der Waals surface area contributed by atoms with Gasteiger partial charge in [0.2, 0.25) is 5.91 Å². The molecule has 0 aromatic rings. The number of hydrogen-bond acceptors (Lipinski definition) is 3. The quantitative estimate of drug-likeness (QED) is 0.513. The third kappa shape index (κ3) is 8.27. The Morgan fingerprint density at radius 3 is 2.67 bits per heavy atom. The molecule has 0 saturated heterocycles. The lowest BCUT2D eigenvalue weighted by atomic mass is 10.3. The molecule has 0 aliphatic heterocycles. The number of carbonyl (C=O) groups is 1. The number of carbonyl (C=O) groups excluding carboxylic acids is 1. The second-order valence-corrected chi connectivity index (χ2v) is 5.16. The topological polar surface area (TPSA) is 29.1 Å². The van der Waals surface area contributed by atoms with E-state index in [2.05, 4.69) is 12.2 Å². The molecule has 1 amide bonds. The zero-order chi connectivity index (χ0) is 9.23. The van der Waals surface area contributed by atoms with Gasteiger partial charge in [-0.2, -0.15) is 0 Å². The fourth-order valence-corrected chi connectivity index (χ4v) is 2.47. The summed E-state index contributed by atoms with van der Waals surface area (Å²) in [6.07, 6.45) is 1.66. The largest absolute Gasteiger partial charge is 0.356 e. The van der Waals surface area contributed by atoms with E-state index in [9.17, 15) is 4.79 Å². The van der Waals surface area contributed by atoms with Gasteiger partial charge >= 0.3 is 0 Å². The molecular weight excluding hydrogens is 190 g/mol. The summed E-state index contributed by atoms with van der Waals surface area (Å²) < 4.78 is 0. The van der Waals surface area contributed by atoms with Crippen LogP contribution in [-0.2, 0) is 4.79 Å². The van der Waals surface area contributed by atoms with Crippen LogP contribution in [-0.4, -0.2) is 24.0 Å². The maximum absolute atomic E-state index is 10.9. The van der Waals surface area contributed by atoms with E-state index in [1.54, 1.807) is 0 Å². The molecule has 0 bridgehead atoms. The Bertz CT molecular complexity index is 120. The molecule has 12 heavy (non-hydrogen) atoms. The van der Waals surface area contributed by atoms with Crippen LogP contribution >= 0.6 is 21.6 Å². The third-order valence-corrected chi connectivity index (χ3v) is 3.77.